The molecule has 6 unspecified atom stereocenters. The number of nitroso groups, excluding NO2 is 1. The number of aldehydes is 1. The topological polar surface area (TPSA) is 84.6 Å². The Morgan fingerprint density at radius 3 is 2.44 bits per heavy atom. The number of carbonyl (C=O) groups excluding carboxylic acids is 1. The van der Waals surface area contributed by atoms with E-state index in [1.54, 1.807) is 0 Å². The van der Waals surface area contributed by atoms with Gasteiger partial charge in [-0.25, -0.2) is 0 Å². The van der Waals surface area contributed by atoms with Crippen molar-refractivity contribution in [2.24, 2.45) is 39.5 Å². The molecule has 5 nitrogen and oxygen atoms in total. The van der Waals surface area contributed by atoms with E-state index in [4.69, 9.17) is 5.73 Å². The van der Waals surface area contributed by atoms with Crippen molar-refractivity contribution in [1.29, 1.82) is 0 Å². The van der Waals surface area contributed by atoms with Crippen molar-refractivity contribution in [2.75, 3.05) is 13.1 Å². The first kappa shape index (κ1) is 20.5. The molecule has 0 aromatic heterocycles. The molecule has 0 amide bonds. The van der Waals surface area contributed by atoms with Crippen molar-refractivity contribution in [3.63, 3.8) is 0 Å². The smallest absolute Gasteiger partial charge is 0.127 e. The summed E-state index contributed by atoms with van der Waals surface area (Å²) in [5.74, 6) is 1.30. The molecule has 0 aliphatic heterocycles. The second kappa shape index (κ2) is 6.73. The molecule has 25 heavy (non-hydrogen) atoms. The molecular weight excluding hydrogens is 314 g/mol. The van der Waals surface area contributed by atoms with E-state index in [2.05, 4.69) is 52.0 Å². The van der Waals surface area contributed by atoms with Gasteiger partial charge < -0.3 is 15.8 Å². The molecule has 0 aromatic carbocycles. The van der Waals surface area contributed by atoms with Crippen molar-refractivity contribution in [3.05, 3.63) is 4.91 Å². The maximum Gasteiger partial charge on any atom is 0.127 e. The maximum atomic E-state index is 12.4. The molecule has 0 heterocycles. The number of fused-ring (bicyclic) bond motifs is 1. The van der Waals surface area contributed by atoms with Gasteiger partial charge in [0.1, 0.15) is 6.29 Å². The summed E-state index contributed by atoms with van der Waals surface area (Å²) in [5, 5.41) is 6.57. The lowest BCUT2D eigenvalue weighted by molar-refractivity contribution is -0.152. The summed E-state index contributed by atoms with van der Waals surface area (Å²) in [6, 6.07) is 0. The fraction of sp³-hybridized carbons (Fsp3) is 0.950. The molecule has 0 saturated heterocycles. The molecule has 5 heteroatoms. The maximum absolute atomic E-state index is 12.4. The number of rotatable bonds is 8. The van der Waals surface area contributed by atoms with Crippen LogP contribution in [-0.2, 0) is 4.79 Å². The lowest BCUT2D eigenvalue weighted by Crippen LogP contribution is -2.71. The number of hydrogen-bond acceptors (Lipinski definition) is 5. The number of nitrogens with two attached hydrogens (primary N) is 1. The van der Waals surface area contributed by atoms with Crippen LogP contribution < -0.4 is 11.1 Å². The van der Waals surface area contributed by atoms with Crippen molar-refractivity contribution in [1.82, 2.24) is 5.32 Å². The van der Waals surface area contributed by atoms with Gasteiger partial charge >= 0.3 is 0 Å². The number of hydrogen-bond donors (Lipinski definition) is 2. The van der Waals surface area contributed by atoms with E-state index < -0.39 is 5.41 Å². The third-order valence-corrected chi connectivity index (χ3v) is 7.71. The second-order valence-corrected chi connectivity index (χ2v) is 9.91. The molecule has 0 spiro atoms. The van der Waals surface area contributed by atoms with Crippen LogP contribution in [0.2, 0.25) is 0 Å². The lowest BCUT2D eigenvalue weighted by atomic mass is 9.41. The zero-order valence-electron chi connectivity index (χ0n) is 16.9. The number of nitrogens with one attached hydrogen (secondary N) is 1. The number of nitrogens with zero attached hydrogens (tertiary/aromatic N) is 1. The summed E-state index contributed by atoms with van der Waals surface area (Å²) in [5.41, 5.74) is 5.94. The first-order valence-electron chi connectivity index (χ1n) is 9.79. The van der Waals surface area contributed by atoms with Crippen LogP contribution in [0, 0.1) is 33.5 Å². The average Bonchev–Trinajstić information content (AvgIpc) is 2.69. The Morgan fingerprint density at radius 2 is 1.96 bits per heavy atom. The third kappa shape index (κ3) is 3.18. The van der Waals surface area contributed by atoms with Crippen molar-refractivity contribution >= 4 is 6.29 Å². The normalized spacial score (nSPS) is 40.0. The Kier molecular flexibility index (Phi) is 5.52. The van der Waals surface area contributed by atoms with Gasteiger partial charge in [-0.3, -0.25) is 0 Å². The second-order valence-electron chi connectivity index (χ2n) is 9.91. The minimum absolute atomic E-state index is 0.0585. The van der Waals surface area contributed by atoms with Gasteiger partial charge in [0.2, 0.25) is 0 Å². The first-order valence-corrected chi connectivity index (χ1v) is 9.79. The van der Waals surface area contributed by atoms with Crippen LogP contribution in [0.15, 0.2) is 5.18 Å². The van der Waals surface area contributed by atoms with E-state index >= 15 is 0 Å². The molecular formula is C20H37N3O2. The predicted octanol–water partition coefficient (Wildman–Crippen LogP) is 3.51. The highest BCUT2D eigenvalue weighted by atomic mass is 16.3. The van der Waals surface area contributed by atoms with Gasteiger partial charge in [-0.2, -0.15) is 4.91 Å². The molecule has 2 fully saturated rings. The van der Waals surface area contributed by atoms with E-state index in [0.717, 1.165) is 25.5 Å². The van der Waals surface area contributed by atoms with E-state index in [9.17, 15) is 9.70 Å². The van der Waals surface area contributed by atoms with Crippen LogP contribution in [0.1, 0.15) is 67.2 Å². The highest BCUT2D eigenvalue weighted by molar-refractivity contribution is 5.62. The average molecular weight is 352 g/mol. The molecule has 2 aliphatic carbocycles. The van der Waals surface area contributed by atoms with Gasteiger partial charge in [0.05, 0.1) is 6.54 Å². The largest absolute Gasteiger partial charge is 0.325 e. The molecule has 2 aliphatic rings. The third-order valence-electron chi connectivity index (χ3n) is 7.71. The SMILES string of the molecule is CCC1CC2(N)CC(C(C=O)(CCN=O)CNC(C)(C)C)C2(C)C1C. The zero-order valence-corrected chi connectivity index (χ0v) is 16.9. The molecule has 144 valence electrons. The highest BCUT2D eigenvalue weighted by Gasteiger charge is 2.72. The zero-order chi connectivity index (χ0) is 19.1. The summed E-state index contributed by atoms with van der Waals surface area (Å²) in [4.78, 5) is 23.2. The summed E-state index contributed by atoms with van der Waals surface area (Å²) < 4.78 is 0. The molecule has 0 radical (unpaired) electrons. The molecule has 3 N–H and O–H groups in total. The van der Waals surface area contributed by atoms with Crippen LogP contribution in [0.3, 0.4) is 0 Å². The van der Waals surface area contributed by atoms with Gasteiger partial charge in [0, 0.05) is 23.0 Å². The standard InChI is InChI=1S/C20H37N3O2/c1-7-15-10-20(21)11-16(18(20,6)14(15)2)19(13-24,8-9-23-25)12-22-17(3,4)5/h13-16,22H,7-12,21H2,1-6H3. The molecule has 2 saturated carbocycles. The highest BCUT2D eigenvalue weighted by Crippen LogP contribution is 2.71. The molecule has 6 atom stereocenters. The quantitative estimate of drug-likeness (QED) is 0.518. The monoisotopic (exact) mass is 351 g/mol. The Balaban J connectivity index is 2.35. The van der Waals surface area contributed by atoms with Gasteiger partial charge in [-0.05, 0) is 63.2 Å². The van der Waals surface area contributed by atoms with Crippen LogP contribution in [-0.4, -0.2) is 30.5 Å². The van der Waals surface area contributed by atoms with Crippen LogP contribution >= 0.6 is 0 Å². The summed E-state index contributed by atoms with van der Waals surface area (Å²) in [7, 11) is 0. The van der Waals surface area contributed by atoms with E-state index in [0.29, 0.717) is 24.8 Å². The van der Waals surface area contributed by atoms with Gasteiger partial charge in [-0.1, -0.05) is 32.4 Å². The Morgan fingerprint density at radius 1 is 1.32 bits per heavy atom. The van der Waals surface area contributed by atoms with E-state index in [1.165, 1.54) is 0 Å². The van der Waals surface area contributed by atoms with Crippen LogP contribution in [0.4, 0.5) is 0 Å². The van der Waals surface area contributed by atoms with Crippen molar-refractivity contribution in [3.8, 4) is 0 Å². The number of carbonyl (C=O) groups is 1. The van der Waals surface area contributed by atoms with Gasteiger partial charge in [0.15, 0.2) is 0 Å². The Labute approximate surface area is 152 Å². The Hall–Kier alpha value is -0.810. The summed E-state index contributed by atoms with van der Waals surface area (Å²) >= 11 is 0. The van der Waals surface area contributed by atoms with E-state index in [1.807, 2.05) is 0 Å². The molecule has 0 aromatic rings. The predicted molar refractivity (Wildman–Crippen MR) is 102 cm³/mol. The first-order chi connectivity index (χ1) is 11.5. The Bertz CT molecular complexity index is 518. The lowest BCUT2D eigenvalue weighted by Gasteiger charge is -2.65. The van der Waals surface area contributed by atoms with Crippen molar-refractivity contribution in [2.45, 2.75) is 78.3 Å². The summed E-state index contributed by atoms with van der Waals surface area (Å²) in [6.45, 7) is 13.9. The fourth-order valence-electron chi connectivity index (χ4n) is 5.77. The van der Waals surface area contributed by atoms with Gasteiger partial charge in [-0.15, -0.1) is 0 Å². The van der Waals surface area contributed by atoms with Crippen molar-refractivity contribution < 1.29 is 4.79 Å². The van der Waals surface area contributed by atoms with E-state index in [-0.39, 0.29) is 29.0 Å². The van der Waals surface area contributed by atoms with Gasteiger partial charge in [0.25, 0.3) is 0 Å². The van der Waals surface area contributed by atoms with Crippen LogP contribution in [0.5, 0.6) is 0 Å². The minimum Gasteiger partial charge on any atom is -0.325 e. The van der Waals surface area contributed by atoms with Crippen LogP contribution in [0.25, 0.3) is 0 Å². The molecule has 0 bridgehead atoms. The summed E-state index contributed by atoms with van der Waals surface area (Å²) in [6.07, 6.45) is 4.65. The fourth-order valence-corrected chi connectivity index (χ4v) is 5.77. The molecule has 2 rings (SSSR count). The minimum atomic E-state index is -0.574.